The van der Waals surface area contributed by atoms with Crippen molar-refractivity contribution in [1.82, 2.24) is 0 Å². The summed E-state index contributed by atoms with van der Waals surface area (Å²) in [5, 5.41) is 0. The predicted octanol–water partition coefficient (Wildman–Crippen LogP) is 3.25. The van der Waals surface area contributed by atoms with E-state index in [-0.39, 0.29) is 11.9 Å². The van der Waals surface area contributed by atoms with Crippen LogP contribution < -0.4 is 4.74 Å². The van der Waals surface area contributed by atoms with E-state index in [2.05, 4.69) is 0 Å². The topological polar surface area (TPSA) is 26.3 Å². The highest BCUT2D eigenvalue weighted by atomic mass is 16.5. The Morgan fingerprint density at radius 2 is 2.07 bits per heavy atom. The zero-order chi connectivity index (χ0) is 11.4. The highest BCUT2D eigenvalue weighted by Gasteiger charge is 2.13. The third-order valence-electron chi connectivity index (χ3n) is 2.56. The summed E-state index contributed by atoms with van der Waals surface area (Å²) in [6.45, 7) is 7.83. The number of esters is 1. The van der Waals surface area contributed by atoms with Crippen LogP contribution in [0, 0.1) is 19.8 Å². The monoisotopic (exact) mass is 206 g/mol. The summed E-state index contributed by atoms with van der Waals surface area (Å²) in [4.78, 5) is 11.6. The third-order valence-corrected chi connectivity index (χ3v) is 2.56. The molecule has 1 unspecified atom stereocenters. The van der Waals surface area contributed by atoms with Crippen molar-refractivity contribution in [1.29, 1.82) is 0 Å². The van der Waals surface area contributed by atoms with Gasteiger partial charge in [0.15, 0.2) is 0 Å². The van der Waals surface area contributed by atoms with Gasteiger partial charge in [-0.1, -0.05) is 31.5 Å². The zero-order valence-electron chi connectivity index (χ0n) is 9.83. The minimum atomic E-state index is -0.149. The minimum Gasteiger partial charge on any atom is -0.426 e. The van der Waals surface area contributed by atoms with Crippen molar-refractivity contribution >= 4 is 5.97 Å². The largest absolute Gasteiger partial charge is 0.426 e. The Morgan fingerprint density at radius 3 is 2.60 bits per heavy atom. The molecule has 1 aromatic rings. The molecule has 0 aromatic heterocycles. The van der Waals surface area contributed by atoms with Crippen molar-refractivity contribution in [3.05, 3.63) is 29.3 Å². The lowest BCUT2D eigenvalue weighted by Gasteiger charge is -2.11. The second-order valence-electron chi connectivity index (χ2n) is 4.00. The van der Waals surface area contributed by atoms with Crippen molar-refractivity contribution < 1.29 is 9.53 Å². The van der Waals surface area contributed by atoms with Crippen LogP contribution in [0.5, 0.6) is 5.75 Å². The predicted molar refractivity (Wildman–Crippen MR) is 61.0 cm³/mol. The first-order chi connectivity index (χ1) is 7.04. The quantitative estimate of drug-likeness (QED) is 0.560. The van der Waals surface area contributed by atoms with Gasteiger partial charge in [0.2, 0.25) is 0 Å². The second kappa shape index (κ2) is 4.96. The smallest absolute Gasteiger partial charge is 0.314 e. The fourth-order valence-electron chi connectivity index (χ4n) is 1.29. The molecule has 0 radical (unpaired) electrons. The molecule has 0 aliphatic rings. The number of carbonyl (C=O) groups excluding carboxylic acids is 1. The maximum absolute atomic E-state index is 11.6. The van der Waals surface area contributed by atoms with Crippen LogP contribution in [-0.2, 0) is 4.79 Å². The average molecular weight is 206 g/mol. The van der Waals surface area contributed by atoms with Gasteiger partial charge < -0.3 is 4.74 Å². The molecular weight excluding hydrogens is 188 g/mol. The van der Waals surface area contributed by atoms with Crippen LogP contribution in [0.2, 0.25) is 0 Å². The number of aryl methyl sites for hydroxylation is 2. The van der Waals surface area contributed by atoms with E-state index in [4.69, 9.17) is 4.74 Å². The second-order valence-corrected chi connectivity index (χ2v) is 4.00. The van der Waals surface area contributed by atoms with Gasteiger partial charge in [-0.25, -0.2) is 0 Å². The molecule has 0 saturated heterocycles. The molecule has 0 saturated carbocycles. The van der Waals surface area contributed by atoms with E-state index in [0.29, 0.717) is 5.75 Å². The molecule has 0 fully saturated rings. The lowest BCUT2D eigenvalue weighted by Crippen LogP contribution is -2.17. The fraction of sp³-hybridized carbons (Fsp3) is 0.462. The van der Waals surface area contributed by atoms with Gasteiger partial charge in [0.05, 0.1) is 5.92 Å². The third kappa shape index (κ3) is 3.08. The molecule has 0 N–H and O–H groups in total. The molecule has 2 heteroatoms. The summed E-state index contributed by atoms with van der Waals surface area (Å²) in [5.74, 6) is 0.487. The van der Waals surface area contributed by atoms with Crippen LogP contribution >= 0.6 is 0 Å². The van der Waals surface area contributed by atoms with Crippen molar-refractivity contribution in [2.24, 2.45) is 5.92 Å². The van der Waals surface area contributed by atoms with Gasteiger partial charge in [-0.15, -0.1) is 0 Å². The van der Waals surface area contributed by atoms with E-state index in [1.165, 1.54) is 5.56 Å². The molecule has 0 aliphatic carbocycles. The van der Waals surface area contributed by atoms with Crippen LogP contribution in [0.3, 0.4) is 0 Å². The molecule has 0 heterocycles. The van der Waals surface area contributed by atoms with E-state index < -0.39 is 0 Å². The Hall–Kier alpha value is -1.31. The molecule has 2 nitrogen and oxygen atoms in total. The number of ether oxygens (including phenoxy) is 1. The lowest BCUT2D eigenvalue weighted by molar-refractivity contribution is -0.138. The molecule has 1 aromatic carbocycles. The van der Waals surface area contributed by atoms with Crippen LogP contribution in [0.1, 0.15) is 31.4 Å². The number of benzene rings is 1. The molecule has 0 bridgehead atoms. The van der Waals surface area contributed by atoms with E-state index in [1.54, 1.807) is 0 Å². The molecule has 1 rings (SSSR count). The molecule has 1 atom stereocenters. The maximum Gasteiger partial charge on any atom is 0.314 e. The Bertz CT molecular complexity index is 356. The van der Waals surface area contributed by atoms with Gasteiger partial charge in [0.1, 0.15) is 5.75 Å². The van der Waals surface area contributed by atoms with Gasteiger partial charge in [-0.3, -0.25) is 4.79 Å². The number of carbonyl (C=O) groups is 1. The first-order valence-electron chi connectivity index (χ1n) is 5.33. The highest BCUT2D eigenvalue weighted by molar-refractivity contribution is 5.75. The number of rotatable bonds is 3. The summed E-state index contributed by atoms with van der Waals surface area (Å²) in [6.07, 6.45) is 0.809. The summed E-state index contributed by atoms with van der Waals surface area (Å²) in [5.41, 5.74) is 2.18. The van der Waals surface area contributed by atoms with Gasteiger partial charge >= 0.3 is 5.97 Å². The number of hydrogen-bond donors (Lipinski definition) is 0. The Balaban J connectivity index is 2.77. The number of hydrogen-bond acceptors (Lipinski definition) is 2. The van der Waals surface area contributed by atoms with Crippen molar-refractivity contribution in [2.45, 2.75) is 34.1 Å². The summed E-state index contributed by atoms with van der Waals surface area (Å²) >= 11 is 0. The molecule has 15 heavy (non-hydrogen) atoms. The van der Waals surface area contributed by atoms with E-state index >= 15 is 0 Å². The Kier molecular flexibility index (Phi) is 3.89. The molecule has 0 amide bonds. The van der Waals surface area contributed by atoms with Crippen LogP contribution in [0.4, 0.5) is 0 Å². The summed E-state index contributed by atoms with van der Waals surface area (Å²) in [7, 11) is 0. The average Bonchev–Trinajstić information content (AvgIpc) is 2.20. The zero-order valence-corrected chi connectivity index (χ0v) is 9.83. The molecule has 0 aliphatic heterocycles. The van der Waals surface area contributed by atoms with Crippen molar-refractivity contribution in [2.75, 3.05) is 0 Å². The lowest BCUT2D eigenvalue weighted by atomic mass is 10.1. The van der Waals surface area contributed by atoms with E-state index in [9.17, 15) is 4.79 Å². The van der Waals surface area contributed by atoms with Crippen LogP contribution in [-0.4, -0.2) is 5.97 Å². The standard InChI is InChI=1S/C13H18O2/c1-5-10(3)13(14)15-12-7-6-9(2)8-11(12)4/h6-8,10H,5H2,1-4H3. The Labute approximate surface area is 91.3 Å². The molecular formula is C13H18O2. The van der Waals surface area contributed by atoms with Crippen LogP contribution in [0.25, 0.3) is 0 Å². The van der Waals surface area contributed by atoms with Gasteiger partial charge in [-0.2, -0.15) is 0 Å². The highest BCUT2D eigenvalue weighted by Crippen LogP contribution is 2.20. The first kappa shape index (κ1) is 11.8. The summed E-state index contributed by atoms with van der Waals surface area (Å²) in [6, 6.07) is 5.82. The normalized spacial score (nSPS) is 12.3. The van der Waals surface area contributed by atoms with Crippen LogP contribution in [0.15, 0.2) is 18.2 Å². The molecule has 82 valence electrons. The SMILES string of the molecule is CCC(C)C(=O)Oc1ccc(C)cc1C. The fourth-order valence-corrected chi connectivity index (χ4v) is 1.29. The van der Waals surface area contributed by atoms with Gasteiger partial charge in [0.25, 0.3) is 0 Å². The van der Waals surface area contributed by atoms with E-state index in [0.717, 1.165) is 12.0 Å². The maximum atomic E-state index is 11.6. The molecule has 0 spiro atoms. The Morgan fingerprint density at radius 1 is 1.40 bits per heavy atom. The van der Waals surface area contributed by atoms with Gasteiger partial charge in [0, 0.05) is 0 Å². The minimum absolute atomic E-state index is 0.0364. The van der Waals surface area contributed by atoms with Gasteiger partial charge in [-0.05, 0) is 31.9 Å². The first-order valence-corrected chi connectivity index (χ1v) is 5.33. The van der Waals surface area contributed by atoms with E-state index in [1.807, 2.05) is 45.9 Å². The summed E-state index contributed by atoms with van der Waals surface area (Å²) < 4.78 is 5.31. The van der Waals surface area contributed by atoms with Crippen molar-refractivity contribution in [3.8, 4) is 5.75 Å². The van der Waals surface area contributed by atoms with Crippen molar-refractivity contribution in [3.63, 3.8) is 0 Å².